The van der Waals surface area contributed by atoms with Crippen molar-refractivity contribution in [2.24, 2.45) is 0 Å². The predicted octanol–water partition coefficient (Wildman–Crippen LogP) is 2.70. The van der Waals surface area contributed by atoms with Crippen molar-refractivity contribution in [3.8, 4) is 5.75 Å². The van der Waals surface area contributed by atoms with Gasteiger partial charge in [0.1, 0.15) is 5.75 Å². The van der Waals surface area contributed by atoms with Gasteiger partial charge in [-0.1, -0.05) is 35.9 Å². The number of hydrogen-bond acceptors (Lipinski definition) is 5. The topological polar surface area (TPSA) is 75.7 Å². The third-order valence-corrected chi connectivity index (χ3v) is 3.23. The Morgan fingerprint density at radius 2 is 1.80 bits per heavy atom. The molecule has 1 atom stereocenters. The lowest BCUT2D eigenvalue weighted by Gasteiger charge is -2.22. The zero-order valence-electron chi connectivity index (χ0n) is 10.7. The summed E-state index contributed by atoms with van der Waals surface area (Å²) in [5, 5.41) is 0. The molecule has 0 aliphatic rings. The average Bonchev–Trinajstić information content (AvgIpc) is 2.38. The number of rotatable bonds is 4. The molecule has 0 saturated heterocycles. The van der Waals surface area contributed by atoms with Crippen LogP contribution in [-0.2, 0) is 9.09 Å². The van der Waals surface area contributed by atoms with E-state index in [0.717, 1.165) is 5.56 Å². The maximum Gasteiger partial charge on any atom is 0.374 e. The first-order valence-corrected chi connectivity index (χ1v) is 7.29. The summed E-state index contributed by atoms with van der Waals surface area (Å²) in [4.78, 5) is 23.4. The van der Waals surface area contributed by atoms with Gasteiger partial charge in [-0.25, -0.2) is 9.36 Å². The van der Waals surface area contributed by atoms with Crippen molar-refractivity contribution in [3.05, 3.63) is 65.7 Å². The molecular weight excluding hydrogens is 279 g/mol. The Labute approximate surface area is 116 Å². The molecule has 6 heteroatoms. The number of phosphoric ester groups is 1. The summed E-state index contributed by atoms with van der Waals surface area (Å²) < 4.78 is 20.7. The zero-order chi connectivity index (χ0) is 14.6. The Balaban J connectivity index is 2.08. The minimum atomic E-state index is -4.75. The van der Waals surface area contributed by atoms with Crippen LogP contribution in [0.4, 0.5) is 0 Å². The van der Waals surface area contributed by atoms with Crippen molar-refractivity contribution in [1.82, 2.24) is 0 Å². The van der Waals surface area contributed by atoms with Gasteiger partial charge in [-0.3, -0.25) is 0 Å². The van der Waals surface area contributed by atoms with E-state index >= 15 is 0 Å². The van der Waals surface area contributed by atoms with Gasteiger partial charge in [0.25, 0.3) is 0 Å². The van der Waals surface area contributed by atoms with Crippen LogP contribution >= 0.6 is 7.82 Å². The highest BCUT2D eigenvalue weighted by molar-refractivity contribution is 7.47. The van der Waals surface area contributed by atoms with Gasteiger partial charge in [-0.05, 0) is 31.2 Å². The summed E-state index contributed by atoms with van der Waals surface area (Å²) in [6.45, 7) is 1.79. The number of aryl methyl sites for hydroxylation is 1. The van der Waals surface area contributed by atoms with E-state index in [1.165, 1.54) is 24.3 Å². The summed E-state index contributed by atoms with van der Waals surface area (Å²) in [5.41, 5.74) is 0.974. The van der Waals surface area contributed by atoms with Gasteiger partial charge in [0.2, 0.25) is 0 Å². The molecule has 0 bridgehead atoms. The van der Waals surface area contributed by atoms with Crippen LogP contribution in [0.15, 0.2) is 54.6 Å². The van der Waals surface area contributed by atoms with Crippen LogP contribution in [-0.4, -0.2) is 5.97 Å². The Morgan fingerprint density at radius 1 is 1.10 bits per heavy atom. The third-order valence-electron chi connectivity index (χ3n) is 2.41. The monoisotopic (exact) mass is 291 g/mol. The molecule has 0 radical (unpaired) electrons. The Hall–Kier alpha value is -2.10. The van der Waals surface area contributed by atoms with Gasteiger partial charge in [0, 0.05) is 0 Å². The van der Waals surface area contributed by atoms with E-state index in [0.29, 0.717) is 0 Å². The lowest BCUT2D eigenvalue weighted by molar-refractivity contribution is -0.211. The number of carbonyl (C=O) groups excluding carboxylic acids is 1. The van der Waals surface area contributed by atoms with E-state index < -0.39 is 13.8 Å². The van der Waals surface area contributed by atoms with Crippen molar-refractivity contribution in [2.75, 3.05) is 0 Å². The number of carbonyl (C=O) groups is 1. The summed E-state index contributed by atoms with van der Waals surface area (Å²) in [6.07, 6.45) is 0. The van der Waals surface area contributed by atoms with E-state index in [2.05, 4.69) is 9.05 Å². The van der Waals surface area contributed by atoms with Gasteiger partial charge in [-0.2, -0.15) is 0 Å². The molecular formula is C14H12O5P-. The Bertz CT molecular complexity index is 654. The molecule has 2 aromatic carbocycles. The fourth-order valence-corrected chi connectivity index (χ4v) is 2.28. The number of phosphoric acid groups is 1. The van der Waals surface area contributed by atoms with Crippen molar-refractivity contribution in [1.29, 1.82) is 0 Å². The summed E-state index contributed by atoms with van der Waals surface area (Å²) in [5.74, 6) is -0.883. The minimum Gasteiger partial charge on any atom is -0.736 e. The average molecular weight is 291 g/mol. The number of para-hydroxylation sites is 1. The van der Waals surface area contributed by atoms with Crippen LogP contribution in [0.3, 0.4) is 0 Å². The maximum absolute atomic E-state index is 11.7. The molecule has 0 fully saturated rings. The quantitative estimate of drug-likeness (QED) is 0.809. The Morgan fingerprint density at radius 3 is 2.45 bits per heavy atom. The maximum atomic E-state index is 11.7. The molecule has 0 aromatic heterocycles. The minimum absolute atomic E-state index is 0.0860. The van der Waals surface area contributed by atoms with Crippen LogP contribution in [0.25, 0.3) is 0 Å². The molecule has 104 valence electrons. The third kappa shape index (κ3) is 3.95. The smallest absolute Gasteiger partial charge is 0.374 e. The second-order valence-corrected chi connectivity index (χ2v) is 5.36. The van der Waals surface area contributed by atoms with Gasteiger partial charge in [-0.15, -0.1) is 0 Å². The van der Waals surface area contributed by atoms with Gasteiger partial charge >= 0.3 is 13.8 Å². The van der Waals surface area contributed by atoms with Crippen molar-refractivity contribution in [2.45, 2.75) is 6.92 Å². The summed E-state index contributed by atoms with van der Waals surface area (Å²) in [6, 6.07) is 14.3. The second-order valence-electron chi connectivity index (χ2n) is 4.10. The molecule has 0 aliphatic carbocycles. The molecule has 0 saturated carbocycles. The largest absolute Gasteiger partial charge is 0.736 e. The molecule has 20 heavy (non-hydrogen) atoms. The lowest BCUT2D eigenvalue weighted by Crippen LogP contribution is -2.15. The first-order chi connectivity index (χ1) is 9.46. The molecule has 1 unspecified atom stereocenters. The second kappa shape index (κ2) is 5.90. The number of hydrogen-bond donors (Lipinski definition) is 0. The summed E-state index contributed by atoms with van der Waals surface area (Å²) in [7, 11) is -4.75. The van der Waals surface area contributed by atoms with E-state index in [9.17, 15) is 14.3 Å². The van der Waals surface area contributed by atoms with Crippen LogP contribution in [0.5, 0.6) is 5.75 Å². The molecule has 2 rings (SSSR count). The molecule has 5 nitrogen and oxygen atoms in total. The molecule has 0 N–H and O–H groups in total. The molecule has 0 heterocycles. The SMILES string of the molecule is Cc1cccc(C(=O)OP(=O)([O-])Oc2ccccc2)c1. The first kappa shape index (κ1) is 14.3. The van der Waals surface area contributed by atoms with Crippen LogP contribution < -0.4 is 9.42 Å². The zero-order valence-corrected chi connectivity index (χ0v) is 11.6. The van der Waals surface area contributed by atoms with E-state index in [4.69, 9.17) is 0 Å². The summed E-state index contributed by atoms with van der Waals surface area (Å²) >= 11 is 0. The van der Waals surface area contributed by atoms with Crippen LogP contribution in [0.1, 0.15) is 15.9 Å². The van der Waals surface area contributed by atoms with Crippen LogP contribution in [0.2, 0.25) is 0 Å². The highest BCUT2D eigenvalue weighted by Crippen LogP contribution is 2.40. The van der Waals surface area contributed by atoms with E-state index in [1.54, 1.807) is 37.3 Å². The van der Waals surface area contributed by atoms with Crippen molar-refractivity contribution in [3.63, 3.8) is 0 Å². The predicted molar refractivity (Wildman–Crippen MR) is 71.3 cm³/mol. The fraction of sp³-hybridized carbons (Fsp3) is 0.0714. The highest BCUT2D eigenvalue weighted by atomic mass is 31.2. The molecule has 0 spiro atoms. The number of benzene rings is 2. The molecule has 0 amide bonds. The van der Waals surface area contributed by atoms with Crippen molar-refractivity contribution >= 4 is 13.8 Å². The standard InChI is InChI=1S/C14H13O5P/c1-11-6-5-7-12(10-11)14(15)19-20(16,17)18-13-8-3-2-4-9-13/h2-10H,1H3,(H,16,17)/p-1. The Kier molecular flexibility index (Phi) is 4.23. The highest BCUT2D eigenvalue weighted by Gasteiger charge is 2.18. The van der Waals surface area contributed by atoms with E-state index in [-0.39, 0.29) is 11.3 Å². The lowest BCUT2D eigenvalue weighted by atomic mass is 10.1. The van der Waals surface area contributed by atoms with Gasteiger partial charge < -0.3 is 13.9 Å². The fourth-order valence-electron chi connectivity index (χ4n) is 1.56. The molecule has 2 aromatic rings. The van der Waals surface area contributed by atoms with Crippen LogP contribution in [0, 0.1) is 6.92 Å². The van der Waals surface area contributed by atoms with Gasteiger partial charge in [0.15, 0.2) is 0 Å². The molecule has 0 aliphatic heterocycles. The van der Waals surface area contributed by atoms with E-state index in [1.807, 2.05) is 0 Å². The van der Waals surface area contributed by atoms with Gasteiger partial charge in [0.05, 0.1) is 5.56 Å². The first-order valence-electron chi connectivity index (χ1n) is 5.82. The van der Waals surface area contributed by atoms with Crippen molar-refractivity contribution < 1.29 is 23.3 Å². The normalized spacial score (nSPS) is 13.3.